The Labute approximate surface area is 169 Å². The van der Waals surface area contributed by atoms with Crippen molar-refractivity contribution in [1.29, 1.82) is 0 Å². The smallest absolute Gasteiger partial charge is 0.267 e. The number of ether oxygens (including phenoxy) is 2. The van der Waals surface area contributed by atoms with Crippen LogP contribution in [0.2, 0.25) is 0 Å². The van der Waals surface area contributed by atoms with E-state index in [4.69, 9.17) is 9.47 Å². The molecule has 0 saturated carbocycles. The first-order valence-corrected chi connectivity index (χ1v) is 11.3. The molecule has 154 valence electrons. The highest BCUT2D eigenvalue weighted by molar-refractivity contribution is 7.91. The number of nitrogens with zero attached hydrogens (tertiary/aromatic N) is 1. The van der Waals surface area contributed by atoms with Crippen LogP contribution in [-0.2, 0) is 14.6 Å². The third kappa shape index (κ3) is 3.81. The van der Waals surface area contributed by atoms with Crippen molar-refractivity contribution < 1.29 is 27.1 Å². The molecule has 1 fully saturated rings. The second-order valence-corrected chi connectivity index (χ2v) is 9.60. The number of halogens is 1. The molecule has 0 unspecified atom stereocenters. The molecular formula is C21H22FNO5S. The van der Waals surface area contributed by atoms with Gasteiger partial charge >= 0.3 is 0 Å². The Hall–Kier alpha value is -2.61. The third-order valence-corrected chi connectivity index (χ3v) is 7.50. The van der Waals surface area contributed by atoms with Gasteiger partial charge in [-0.3, -0.25) is 4.79 Å². The van der Waals surface area contributed by atoms with E-state index in [1.807, 2.05) is 6.07 Å². The van der Waals surface area contributed by atoms with E-state index in [9.17, 15) is 17.6 Å². The maximum Gasteiger partial charge on any atom is 0.267 e. The van der Waals surface area contributed by atoms with Gasteiger partial charge in [0, 0.05) is 18.7 Å². The fraction of sp³-hybridized carbons (Fsp3) is 0.381. The summed E-state index contributed by atoms with van der Waals surface area (Å²) < 4.78 is 51.4. The first kappa shape index (κ1) is 19.7. The molecule has 8 heteroatoms. The fourth-order valence-corrected chi connectivity index (χ4v) is 5.62. The van der Waals surface area contributed by atoms with Crippen molar-refractivity contribution in [2.24, 2.45) is 0 Å². The molecule has 2 aliphatic rings. The van der Waals surface area contributed by atoms with Crippen molar-refractivity contribution in [3.05, 3.63) is 59.9 Å². The molecule has 3 atom stereocenters. The Morgan fingerprint density at radius 2 is 1.69 bits per heavy atom. The lowest BCUT2D eigenvalue weighted by Crippen LogP contribution is -2.51. The van der Waals surface area contributed by atoms with Crippen LogP contribution < -0.4 is 9.47 Å². The van der Waals surface area contributed by atoms with Crippen LogP contribution in [0.15, 0.2) is 48.5 Å². The quantitative estimate of drug-likeness (QED) is 0.749. The maximum absolute atomic E-state index is 14.2. The third-order valence-electron chi connectivity index (χ3n) is 5.39. The lowest BCUT2D eigenvalue weighted by atomic mass is 10.1. The highest BCUT2D eigenvalue weighted by Crippen LogP contribution is 2.35. The minimum Gasteiger partial charge on any atom is -0.482 e. The monoisotopic (exact) mass is 419 g/mol. The zero-order chi connectivity index (χ0) is 20.6. The lowest BCUT2D eigenvalue weighted by Gasteiger charge is -2.34. The molecular weight excluding hydrogens is 397 g/mol. The van der Waals surface area contributed by atoms with Crippen molar-refractivity contribution in [2.75, 3.05) is 18.8 Å². The number of para-hydroxylation sites is 2. The molecule has 0 aliphatic carbocycles. The second kappa shape index (κ2) is 7.67. The molecule has 1 amide bonds. The maximum atomic E-state index is 14.2. The van der Waals surface area contributed by atoms with Crippen molar-refractivity contribution in [3.63, 3.8) is 0 Å². The van der Waals surface area contributed by atoms with E-state index in [2.05, 4.69) is 0 Å². The number of benzene rings is 2. The molecule has 0 spiro atoms. The average Bonchev–Trinajstić information content (AvgIpc) is 2.85. The molecule has 2 aromatic carbocycles. The first-order valence-electron chi connectivity index (χ1n) is 9.54. The van der Waals surface area contributed by atoms with Crippen LogP contribution in [0.3, 0.4) is 0 Å². The summed E-state index contributed by atoms with van der Waals surface area (Å²) >= 11 is 0. The number of carbonyl (C=O) groups is 1. The Bertz CT molecular complexity index is 1030. The zero-order valence-corrected chi connectivity index (χ0v) is 16.8. The van der Waals surface area contributed by atoms with E-state index in [0.29, 0.717) is 11.5 Å². The van der Waals surface area contributed by atoms with Crippen molar-refractivity contribution in [2.45, 2.75) is 30.8 Å². The van der Waals surface area contributed by atoms with Crippen LogP contribution in [-0.4, -0.2) is 50.3 Å². The molecule has 2 heterocycles. The molecule has 2 aliphatic heterocycles. The summed E-state index contributed by atoms with van der Waals surface area (Å²) in [5.74, 6) is -0.0414. The van der Waals surface area contributed by atoms with E-state index in [1.165, 1.54) is 23.1 Å². The van der Waals surface area contributed by atoms with Gasteiger partial charge < -0.3 is 14.4 Å². The van der Waals surface area contributed by atoms with E-state index < -0.39 is 33.1 Å². The van der Waals surface area contributed by atoms with Gasteiger partial charge in [0.05, 0.1) is 11.0 Å². The Balaban J connectivity index is 1.54. The minimum absolute atomic E-state index is 0.0420. The summed E-state index contributed by atoms with van der Waals surface area (Å²) in [6.07, 6.45) is -1.25. The lowest BCUT2D eigenvalue weighted by molar-refractivity contribution is -0.144. The molecule has 4 rings (SSSR count). The van der Waals surface area contributed by atoms with Gasteiger partial charge in [-0.2, -0.15) is 0 Å². The Morgan fingerprint density at radius 1 is 1.03 bits per heavy atom. The van der Waals surface area contributed by atoms with E-state index >= 15 is 0 Å². The molecule has 0 radical (unpaired) electrons. The minimum atomic E-state index is -3.60. The number of rotatable bonds is 2. The Kier molecular flexibility index (Phi) is 5.21. The van der Waals surface area contributed by atoms with Gasteiger partial charge in [-0.25, -0.2) is 12.8 Å². The zero-order valence-electron chi connectivity index (χ0n) is 16.0. The van der Waals surface area contributed by atoms with Gasteiger partial charge in [-0.05, 0) is 31.5 Å². The molecule has 6 nitrogen and oxygen atoms in total. The highest BCUT2D eigenvalue weighted by atomic mass is 32.2. The van der Waals surface area contributed by atoms with E-state index in [-0.39, 0.29) is 36.7 Å². The number of hydrogen-bond acceptors (Lipinski definition) is 5. The number of fused-ring (bicyclic) bond motifs is 1. The van der Waals surface area contributed by atoms with Crippen molar-refractivity contribution in [3.8, 4) is 11.5 Å². The predicted molar refractivity (Wildman–Crippen MR) is 105 cm³/mol. The fourth-order valence-electron chi connectivity index (χ4n) is 3.82. The summed E-state index contributed by atoms with van der Waals surface area (Å²) in [5, 5.41) is -0.969. The second-order valence-electron chi connectivity index (χ2n) is 7.30. The summed E-state index contributed by atoms with van der Waals surface area (Å²) in [4.78, 5) is 14.6. The summed E-state index contributed by atoms with van der Waals surface area (Å²) in [7, 11) is -3.60. The highest BCUT2D eigenvalue weighted by Gasteiger charge is 2.40. The van der Waals surface area contributed by atoms with Crippen molar-refractivity contribution in [1.82, 2.24) is 4.90 Å². The van der Waals surface area contributed by atoms with Crippen molar-refractivity contribution >= 4 is 15.7 Å². The van der Waals surface area contributed by atoms with Crippen LogP contribution >= 0.6 is 0 Å². The largest absolute Gasteiger partial charge is 0.482 e. The molecule has 2 aromatic rings. The number of sulfone groups is 1. The van der Waals surface area contributed by atoms with Gasteiger partial charge in [0.15, 0.2) is 21.3 Å². The Morgan fingerprint density at radius 3 is 2.41 bits per heavy atom. The van der Waals surface area contributed by atoms with Gasteiger partial charge in [0.1, 0.15) is 11.9 Å². The van der Waals surface area contributed by atoms with Gasteiger partial charge in [-0.15, -0.1) is 0 Å². The molecule has 0 N–H and O–H groups in total. The number of hydrogen-bond donors (Lipinski definition) is 0. The topological polar surface area (TPSA) is 72.9 Å². The van der Waals surface area contributed by atoms with E-state index in [1.54, 1.807) is 31.2 Å². The van der Waals surface area contributed by atoms with Crippen LogP contribution in [0, 0.1) is 5.82 Å². The summed E-state index contributed by atoms with van der Waals surface area (Å²) in [5.41, 5.74) is 0.154. The average molecular weight is 419 g/mol. The summed E-state index contributed by atoms with van der Waals surface area (Å²) in [6, 6.07) is 13.0. The molecule has 1 saturated heterocycles. The molecule has 0 aromatic heterocycles. The van der Waals surface area contributed by atoms with Gasteiger partial charge in [0.25, 0.3) is 5.91 Å². The van der Waals surface area contributed by atoms with E-state index in [0.717, 1.165) is 0 Å². The number of amides is 1. The normalized spacial score (nSPS) is 25.9. The molecule has 0 bridgehead atoms. The van der Waals surface area contributed by atoms with Crippen LogP contribution in [0.25, 0.3) is 0 Å². The summed E-state index contributed by atoms with van der Waals surface area (Å²) in [6.45, 7) is 1.99. The van der Waals surface area contributed by atoms with Crippen LogP contribution in [0.4, 0.5) is 4.39 Å². The van der Waals surface area contributed by atoms with Gasteiger partial charge in [-0.1, -0.05) is 30.3 Å². The molecule has 29 heavy (non-hydrogen) atoms. The predicted octanol–water partition coefficient (Wildman–Crippen LogP) is 2.74. The van der Waals surface area contributed by atoms with Gasteiger partial charge in [0.2, 0.25) is 6.10 Å². The van der Waals surface area contributed by atoms with Crippen LogP contribution in [0.1, 0.15) is 24.2 Å². The number of carbonyl (C=O) groups excluding carboxylic acids is 1. The first-order chi connectivity index (χ1) is 13.9. The standard InChI is InChI=1S/C21H22FNO5S/c1-14-20(28-18-9-5-4-8-17(18)27-14)21(24)23-11-10-19(29(25,26)13-12-23)15-6-2-3-7-16(15)22/h2-9,14,19-20H,10-13H2,1H3/t14-,19-,20-/m0/s1. The van der Waals surface area contributed by atoms with Crippen LogP contribution in [0.5, 0.6) is 11.5 Å². The SMILES string of the molecule is C[C@@H]1Oc2ccccc2O[C@@H]1C(=O)N1CC[C@@H](c2ccccc2F)S(=O)(=O)CC1.